The van der Waals surface area contributed by atoms with Crippen molar-refractivity contribution in [3.8, 4) is 0 Å². The number of carbonyl (C=O) groups is 1. The van der Waals surface area contributed by atoms with Crippen LogP contribution in [0.1, 0.15) is 26.3 Å². The number of rotatable bonds is 2. The molecule has 0 aliphatic carbocycles. The molecule has 0 saturated carbocycles. The third-order valence-corrected chi connectivity index (χ3v) is 3.12. The molecule has 0 bridgehead atoms. The van der Waals surface area contributed by atoms with Gasteiger partial charge in [0.2, 0.25) is 0 Å². The Morgan fingerprint density at radius 1 is 1.23 bits per heavy atom. The van der Waals surface area contributed by atoms with E-state index in [4.69, 9.17) is 16.3 Å². The van der Waals surface area contributed by atoms with E-state index in [2.05, 4.69) is 4.98 Å². The third kappa shape index (κ3) is 3.98. The molecule has 0 aliphatic rings. The zero-order valence-corrected chi connectivity index (χ0v) is 13.9. The van der Waals surface area contributed by atoms with Crippen LogP contribution in [0, 0.1) is 6.92 Å². The Labute approximate surface area is 135 Å². The van der Waals surface area contributed by atoms with Crippen LogP contribution in [0.3, 0.4) is 0 Å². The molecule has 0 atom stereocenters. The second-order valence-corrected chi connectivity index (χ2v) is 6.37. The van der Waals surface area contributed by atoms with Crippen molar-refractivity contribution in [2.75, 3.05) is 4.90 Å². The number of hydrogen-bond donors (Lipinski definition) is 0. The van der Waals surface area contributed by atoms with Crippen molar-refractivity contribution in [2.24, 2.45) is 0 Å². The summed E-state index contributed by atoms with van der Waals surface area (Å²) in [6.45, 7) is 7.39. The Balaban J connectivity index is 2.50. The Hall–Kier alpha value is -2.07. The van der Waals surface area contributed by atoms with Crippen molar-refractivity contribution >= 4 is 29.2 Å². The Morgan fingerprint density at radius 3 is 2.50 bits per heavy atom. The van der Waals surface area contributed by atoms with Crippen LogP contribution in [0.15, 0.2) is 42.6 Å². The lowest BCUT2D eigenvalue weighted by atomic mass is 10.2. The zero-order chi connectivity index (χ0) is 16.3. The van der Waals surface area contributed by atoms with Gasteiger partial charge < -0.3 is 4.74 Å². The highest BCUT2D eigenvalue weighted by Crippen LogP contribution is 2.32. The first-order chi connectivity index (χ1) is 10.3. The molecule has 0 spiro atoms. The van der Waals surface area contributed by atoms with Crippen molar-refractivity contribution in [1.82, 2.24) is 4.98 Å². The first-order valence-corrected chi connectivity index (χ1v) is 7.36. The molecule has 2 rings (SSSR count). The minimum atomic E-state index is -0.611. The van der Waals surface area contributed by atoms with Crippen molar-refractivity contribution in [3.63, 3.8) is 0 Å². The molecule has 0 radical (unpaired) electrons. The molecule has 1 amide bonds. The highest BCUT2D eigenvalue weighted by atomic mass is 35.5. The number of para-hydroxylation sites is 1. The molecule has 1 heterocycles. The molecule has 116 valence electrons. The van der Waals surface area contributed by atoms with E-state index in [1.807, 2.05) is 52.0 Å². The molecule has 5 heteroatoms. The van der Waals surface area contributed by atoms with Crippen molar-refractivity contribution in [2.45, 2.75) is 33.3 Å². The maximum Gasteiger partial charge on any atom is 0.420 e. The summed E-state index contributed by atoms with van der Waals surface area (Å²) in [5.41, 5.74) is 0.919. The van der Waals surface area contributed by atoms with Crippen molar-refractivity contribution in [1.29, 1.82) is 0 Å². The molecule has 22 heavy (non-hydrogen) atoms. The van der Waals surface area contributed by atoms with Crippen LogP contribution in [0.2, 0.25) is 5.02 Å². The van der Waals surface area contributed by atoms with E-state index in [9.17, 15) is 4.79 Å². The van der Waals surface area contributed by atoms with Crippen LogP contribution in [0.5, 0.6) is 0 Å². The van der Waals surface area contributed by atoms with Crippen LogP contribution in [0.4, 0.5) is 16.3 Å². The summed E-state index contributed by atoms with van der Waals surface area (Å²) in [6, 6.07) is 10.8. The lowest BCUT2D eigenvalue weighted by Crippen LogP contribution is -2.34. The summed E-state index contributed by atoms with van der Waals surface area (Å²) in [4.78, 5) is 18.3. The maximum atomic E-state index is 12.6. The molecule has 1 aromatic carbocycles. The number of benzene rings is 1. The molecular weight excluding hydrogens is 300 g/mol. The van der Waals surface area contributed by atoms with Crippen LogP contribution < -0.4 is 4.90 Å². The highest BCUT2D eigenvalue weighted by molar-refractivity contribution is 6.34. The monoisotopic (exact) mass is 318 g/mol. The fourth-order valence-corrected chi connectivity index (χ4v) is 2.12. The lowest BCUT2D eigenvalue weighted by Gasteiger charge is -2.27. The van der Waals surface area contributed by atoms with Crippen LogP contribution in [0.25, 0.3) is 0 Å². The van der Waals surface area contributed by atoms with E-state index >= 15 is 0 Å². The predicted octanol–water partition coefficient (Wildman–Crippen LogP) is 5.12. The minimum Gasteiger partial charge on any atom is -0.443 e. The second-order valence-electron chi connectivity index (χ2n) is 5.96. The van der Waals surface area contributed by atoms with Crippen LogP contribution in [-0.4, -0.2) is 16.7 Å². The van der Waals surface area contributed by atoms with E-state index in [1.54, 1.807) is 18.3 Å². The van der Waals surface area contributed by atoms with Gasteiger partial charge in [-0.05, 0) is 57.5 Å². The zero-order valence-electron chi connectivity index (χ0n) is 13.1. The van der Waals surface area contributed by atoms with Gasteiger partial charge in [-0.3, -0.25) is 0 Å². The number of nitrogens with zero attached hydrogens (tertiary/aromatic N) is 2. The number of pyridine rings is 1. The molecule has 4 nitrogen and oxygen atoms in total. The minimum absolute atomic E-state index is 0.455. The van der Waals surface area contributed by atoms with E-state index in [0.29, 0.717) is 16.5 Å². The average Bonchev–Trinajstić information content (AvgIpc) is 2.39. The van der Waals surface area contributed by atoms with Crippen LogP contribution in [-0.2, 0) is 4.74 Å². The van der Waals surface area contributed by atoms with Gasteiger partial charge in [0.25, 0.3) is 0 Å². The summed E-state index contributed by atoms with van der Waals surface area (Å²) in [5.74, 6) is 0.474. The third-order valence-electron chi connectivity index (χ3n) is 2.80. The molecule has 0 aliphatic heterocycles. The predicted molar refractivity (Wildman–Crippen MR) is 88.8 cm³/mol. The fraction of sp³-hybridized carbons (Fsp3) is 0.294. The topological polar surface area (TPSA) is 42.4 Å². The average molecular weight is 319 g/mol. The van der Waals surface area contributed by atoms with Gasteiger partial charge in [-0.1, -0.05) is 23.7 Å². The number of ether oxygens (including phenoxy) is 1. The maximum absolute atomic E-state index is 12.6. The second kappa shape index (κ2) is 6.36. The molecule has 0 unspecified atom stereocenters. The summed E-state index contributed by atoms with van der Waals surface area (Å²) in [5, 5.41) is 0.455. The Bertz CT molecular complexity index is 680. The fourth-order valence-electron chi connectivity index (χ4n) is 1.90. The largest absolute Gasteiger partial charge is 0.443 e. The van der Waals surface area contributed by atoms with Crippen LogP contribution >= 0.6 is 11.6 Å². The van der Waals surface area contributed by atoms with Gasteiger partial charge in [0.1, 0.15) is 11.4 Å². The molecule has 1 aromatic heterocycles. The van der Waals surface area contributed by atoms with Gasteiger partial charge >= 0.3 is 6.09 Å². The first kappa shape index (κ1) is 16.3. The Morgan fingerprint density at radius 2 is 1.91 bits per heavy atom. The summed E-state index contributed by atoms with van der Waals surface area (Å²) in [6.07, 6.45) is 1.14. The van der Waals surface area contributed by atoms with E-state index in [1.165, 1.54) is 4.90 Å². The van der Waals surface area contributed by atoms with Crippen molar-refractivity contribution in [3.05, 3.63) is 53.2 Å². The van der Waals surface area contributed by atoms with Gasteiger partial charge in [-0.15, -0.1) is 0 Å². The molecule has 0 fully saturated rings. The van der Waals surface area contributed by atoms with Crippen molar-refractivity contribution < 1.29 is 9.53 Å². The SMILES string of the molecule is Cc1ccnc(N(C(=O)OC(C)(C)C)c2ccccc2Cl)c1. The van der Waals surface area contributed by atoms with E-state index < -0.39 is 11.7 Å². The molecule has 0 N–H and O–H groups in total. The number of aromatic nitrogens is 1. The summed E-state index contributed by atoms with van der Waals surface area (Å²) in [7, 11) is 0. The molecule has 2 aromatic rings. The number of anilines is 2. The Kier molecular flexibility index (Phi) is 4.71. The van der Waals surface area contributed by atoms with Gasteiger partial charge in [0.15, 0.2) is 0 Å². The summed E-state index contributed by atoms with van der Waals surface area (Å²) >= 11 is 6.25. The molecule has 0 saturated heterocycles. The van der Waals surface area contributed by atoms with Gasteiger partial charge in [-0.25, -0.2) is 14.7 Å². The number of aryl methyl sites for hydroxylation is 1. The normalized spacial score (nSPS) is 11.1. The quantitative estimate of drug-likeness (QED) is 0.772. The van der Waals surface area contributed by atoms with Gasteiger partial charge in [0.05, 0.1) is 10.7 Å². The first-order valence-electron chi connectivity index (χ1n) is 6.98. The van der Waals surface area contributed by atoms with Gasteiger partial charge in [-0.2, -0.15) is 0 Å². The number of amides is 1. The van der Waals surface area contributed by atoms with Gasteiger partial charge in [0, 0.05) is 6.20 Å². The summed E-state index contributed by atoms with van der Waals surface area (Å²) < 4.78 is 5.49. The van der Waals surface area contributed by atoms with E-state index in [-0.39, 0.29) is 0 Å². The molecular formula is C17H19ClN2O2. The highest BCUT2D eigenvalue weighted by Gasteiger charge is 2.27. The van der Waals surface area contributed by atoms with E-state index in [0.717, 1.165) is 5.56 Å². The smallest absolute Gasteiger partial charge is 0.420 e. The number of halogens is 1. The number of carbonyl (C=O) groups excluding carboxylic acids is 1. The number of hydrogen-bond acceptors (Lipinski definition) is 3. The standard InChI is InChI=1S/C17H19ClN2O2/c1-12-9-10-19-15(11-12)20(16(21)22-17(2,3)4)14-8-6-5-7-13(14)18/h5-11H,1-4H3. The lowest BCUT2D eigenvalue weighted by molar-refractivity contribution is 0.0598.